The molecule has 3 fully saturated rings. The molecule has 0 radical (unpaired) electrons. The monoisotopic (exact) mass is 699 g/mol. The molecule has 5 N–H and O–H groups in total. The number of hydrogen-bond donors (Lipinski definition) is 5. The Hall–Kier alpha value is -4.32. The summed E-state index contributed by atoms with van der Waals surface area (Å²) in [6.45, 7) is 11.5. The molecule has 0 saturated carbocycles. The van der Waals surface area contributed by atoms with Crippen LogP contribution in [0.2, 0.25) is 1.41 Å². The zero-order chi connectivity index (χ0) is 36.8. The number of anilines is 2. The topological polar surface area (TPSA) is 144 Å². The minimum absolute atomic E-state index is 0.000426. The second kappa shape index (κ2) is 14.4. The molecule has 5 heterocycles. The SMILES string of the molecule is [2H]N1C(c2ccc3c(c2)NC(C2CCCN2C(=O)C(C)C(C)C)N3)CCC1c1ccc2nc(C3CCCN3C(=O)C(NC(=O)OC)C(C)C)[nH]c2c1. The Bertz CT molecular complexity index is 1810. The number of aromatic amines is 1. The fourth-order valence-corrected chi connectivity index (χ4v) is 8.33. The first-order valence-electron chi connectivity index (χ1n) is 19.3. The normalized spacial score (nSPS) is 26.3. The zero-order valence-electron chi connectivity index (χ0n) is 31.7. The fourth-order valence-electron chi connectivity index (χ4n) is 8.33. The molecule has 0 aliphatic carbocycles. The number of ether oxygens (including phenoxy) is 1. The molecule has 12 heteroatoms. The number of nitrogens with zero attached hydrogens (tertiary/aromatic N) is 3. The smallest absolute Gasteiger partial charge is 0.407 e. The predicted molar refractivity (Wildman–Crippen MR) is 198 cm³/mol. The summed E-state index contributed by atoms with van der Waals surface area (Å²) in [5.74, 6) is 1.05. The summed E-state index contributed by atoms with van der Waals surface area (Å²) in [6.07, 6.45) is 4.69. The molecule has 0 spiro atoms. The van der Waals surface area contributed by atoms with Crippen LogP contribution < -0.4 is 21.3 Å². The van der Waals surface area contributed by atoms with Gasteiger partial charge >= 0.3 is 6.09 Å². The highest BCUT2D eigenvalue weighted by Crippen LogP contribution is 2.40. The maximum Gasteiger partial charge on any atom is 0.407 e. The highest BCUT2D eigenvalue weighted by Gasteiger charge is 2.40. The number of hydrogen-bond acceptors (Lipinski definition) is 8. The van der Waals surface area contributed by atoms with Crippen LogP contribution in [0.5, 0.6) is 0 Å². The molecule has 274 valence electrons. The Morgan fingerprint density at radius 3 is 2.27 bits per heavy atom. The first kappa shape index (κ1) is 33.8. The van der Waals surface area contributed by atoms with E-state index in [0.717, 1.165) is 84.4 Å². The van der Waals surface area contributed by atoms with Gasteiger partial charge in [0, 0.05) is 31.1 Å². The van der Waals surface area contributed by atoms with Crippen LogP contribution in [0.15, 0.2) is 36.4 Å². The van der Waals surface area contributed by atoms with Gasteiger partial charge in [-0.15, -0.1) is 0 Å². The summed E-state index contributed by atoms with van der Waals surface area (Å²) < 4.78 is 14.0. The molecule has 4 aliphatic rings. The summed E-state index contributed by atoms with van der Waals surface area (Å²) in [5.41, 5.74) is 5.95. The highest BCUT2D eigenvalue weighted by atomic mass is 16.5. The summed E-state index contributed by atoms with van der Waals surface area (Å²) in [7, 11) is 1.30. The third kappa shape index (κ3) is 6.86. The Balaban J connectivity index is 1.03. The number of fused-ring (bicyclic) bond motifs is 2. The Labute approximate surface area is 302 Å². The van der Waals surface area contributed by atoms with Crippen molar-refractivity contribution >= 4 is 40.3 Å². The van der Waals surface area contributed by atoms with Crippen LogP contribution in [0.25, 0.3) is 11.0 Å². The van der Waals surface area contributed by atoms with Gasteiger partial charge in [0.1, 0.15) is 19.4 Å². The molecule has 2 aromatic carbocycles. The van der Waals surface area contributed by atoms with Gasteiger partial charge in [-0.25, -0.2) is 9.78 Å². The second-order valence-corrected chi connectivity index (χ2v) is 15.5. The van der Waals surface area contributed by atoms with Gasteiger partial charge in [0.05, 0.1) is 41.6 Å². The summed E-state index contributed by atoms with van der Waals surface area (Å²) in [4.78, 5) is 51.2. The molecule has 4 aliphatic heterocycles. The number of imidazole rings is 1. The van der Waals surface area contributed by atoms with Crippen molar-refractivity contribution in [1.29, 1.82) is 0 Å². The highest BCUT2D eigenvalue weighted by molar-refractivity contribution is 5.87. The first-order chi connectivity index (χ1) is 24.9. The van der Waals surface area contributed by atoms with Crippen LogP contribution in [0.4, 0.5) is 16.2 Å². The molecule has 3 aromatic rings. The molecule has 7 atom stereocenters. The minimum Gasteiger partial charge on any atom is -0.453 e. The summed E-state index contributed by atoms with van der Waals surface area (Å²) in [6, 6.07) is 11.7. The number of nitrogens with one attached hydrogen (secondary N) is 5. The van der Waals surface area contributed by atoms with Crippen LogP contribution in [0.1, 0.15) is 108 Å². The summed E-state index contributed by atoms with van der Waals surface area (Å²) >= 11 is 0. The van der Waals surface area contributed by atoms with E-state index in [1.165, 1.54) is 7.11 Å². The number of aromatic nitrogens is 2. The van der Waals surface area contributed by atoms with Crippen molar-refractivity contribution in [3.05, 3.63) is 53.3 Å². The standard InChI is InChI=1S/C39H54N8O4/c1-21(2)23(5)37(48)46-17-7-9-32(46)35-41-28-13-11-24(19-30(28)43-35)26-15-16-27(40-26)25-12-14-29-31(20-25)44-36(42-29)33-10-8-18-47(33)38(49)34(22(3)4)45-39(50)51-6/h11-14,19-23,26-27,32-35,40-41,43H,7-10,15-18H2,1-6H3,(H,42,44)(H,45,50)/i/hD. The third-order valence-electron chi connectivity index (χ3n) is 11.6. The van der Waals surface area contributed by atoms with Crippen molar-refractivity contribution in [2.45, 2.75) is 110 Å². The molecule has 3 amide bonds. The van der Waals surface area contributed by atoms with E-state index in [-0.39, 0.29) is 54.0 Å². The maximum absolute atomic E-state index is 13.6. The van der Waals surface area contributed by atoms with Gasteiger partial charge in [-0.05, 0) is 85.8 Å². The number of methoxy groups -OCH3 is 1. The number of carbonyl (C=O) groups is 3. The van der Waals surface area contributed by atoms with Crippen molar-refractivity contribution in [1.82, 2.24) is 30.4 Å². The molecule has 12 nitrogen and oxygen atoms in total. The zero-order valence-corrected chi connectivity index (χ0v) is 30.7. The van der Waals surface area contributed by atoms with Gasteiger partial charge in [-0.3, -0.25) is 9.59 Å². The second-order valence-electron chi connectivity index (χ2n) is 15.5. The van der Waals surface area contributed by atoms with E-state index in [1.54, 1.807) is 5.31 Å². The Morgan fingerprint density at radius 2 is 1.55 bits per heavy atom. The summed E-state index contributed by atoms with van der Waals surface area (Å²) in [5, 5.41) is 11.8. The molecule has 0 bridgehead atoms. The number of likely N-dealkylation sites (tertiary alicyclic amines) is 2. The van der Waals surface area contributed by atoms with E-state index in [0.29, 0.717) is 12.5 Å². The van der Waals surface area contributed by atoms with E-state index in [1.807, 2.05) is 31.7 Å². The molecule has 51 heavy (non-hydrogen) atoms. The molecule has 7 unspecified atom stereocenters. The Morgan fingerprint density at radius 1 is 0.863 bits per heavy atom. The lowest BCUT2D eigenvalue weighted by Gasteiger charge is -2.32. The average molecular weight is 700 g/mol. The average Bonchev–Trinajstić information content (AvgIpc) is 3.97. The van der Waals surface area contributed by atoms with Crippen molar-refractivity contribution in [2.75, 3.05) is 30.8 Å². The molecular formula is C39H54N8O4. The van der Waals surface area contributed by atoms with Gasteiger partial charge in [0.15, 0.2) is 0 Å². The van der Waals surface area contributed by atoms with E-state index in [4.69, 9.17) is 9.72 Å². The fraction of sp³-hybridized carbons (Fsp3) is 0.590. The largest absolute Gasteiger partial charge is 0.453 e. The van der Waals surface area contributed by atoms with E-state index in [2.05, 4.69) is 70.0 Å². The van der Waals surface area contributed by atoms with Gasteiger partial charge in [0.2, 0.25) is 11.8 Å². The van der Waals surface area contributed by atoms with Gasteiger partial charge in [-0.1, -0.05) is 46.8 Å². The van der Waals surface area contributed by atoms with Crippen LogP contribution in [0, 0.1) is 17.8 Å². The van der Waals surface area contributed by atoms with Gasteiger partial charge < -0.3 is 40.8 Å². The molecule has 7 rings (SSSR count). The van der Waals surface area contributed by atoms with Gasteiger partial charge in [-0.2, -0.15) is 0 Å². The van der Waals surface area contributed by atoms with Crippen LogP contribution in [0.3, 0.4) is 0 Å². The van der Waals surface area contributed by atoms with Crippen molar-refractivity contribution in [2.24, 2.45) is 17.8 Å². The van der Waals surface area contributed by atoms with E-state index >= 15 is 0 Å². The van der Waals surface area contributed by atoms with Crippen LogP contribution >= 0.6 is 0 Å². The van der Waals surface area contributed by atoms with Crippen LogP contribution in [-0.2, 0) is 14.3 Å². The van der Waals surface area contributed by atoms with E-state index in [9.17, 15) is 15.8 Å². The molecule has 3 saturated heterocycles. The predicted octanol–water partition coefficient (Wildman–Crippen LogP) is 6.22. The quantitative estimate of drug-likeness (QED) is 0.177. The number of H-pyrrole nitrogens is 1. The first-order valence-corrected chi connectivity index (χ1v) is 18.8. The van der Waals surface area contributed by atoms with Crippen LogP contribution in [-0.4, -0.2) is 76.1 Å². The maximum atomic E-state index is 13.6. The lowest BCUT2D eigenvalue weighted by Crippen LogP contribution is -2.51. The van der Waals surface area contributed by atoms with Crippen molar-refractivity contribution in [3.8, 4) is 0 Å². The number of alkyl carbamates (subject to hydrolysis) is 1. The van der Waals surface area contributed by atoms with E-state index < -0.39 is 12.1 Å². The third-order valence-corrected chi connectivity index (χ3v) is 11.6. The lowest BCUT2D eigenvalue weighted by atomic mass is 9.96. The lowest BCUT2D eigenvalue weighted by molar-refractivity contribution is -0.137. The van der Waals surface area contributed by atoms with Crippen molar-refractivity contribution < 1.29 is 20.5 Å². The molecular weight excluding hydrogens is 644 g/mol. The number of rotatable bonds is 9. The number of benzene rings is 2. The van der Waals surface area contributed by atoms with Gasteiger partial charge in [0.25, 0.3) is 0 Å². The molecule has 1 aromatic heterocycles. The van der Waals surface area contributed by atoms with Crippen molar-refractivity contribution in [3.63, 3.8) is 0 Å². The number of carbonyl (C=O) groups excluding carboxylic acids is 3. The number of amides is 3. The Kier molecular flexibility index (Phi) is 9.52. The minimum atomic E-state index is -0.687.